The third-order valence-electron chi connectivity index (χ3n) is 2.85. The van der Waals surface area contributed by atoms with Crippen LogP contribution in [0.3, 0.4) is 0 Å². The molecule has 0 spiro atoms. The molecule has 0 amide bonds. The molecule has 1 aromatic rings. The van der Waals surface area contributed by atoms with E-state index in [1.165, 1.54) is 31.2 Å². The lowest BCUT2D eigenvalue weighted by Gasteiger charge is -2.20. The molecule has 1 aliphatic rings. The first-order valence-corrected chi connectivity index (χ1v) is 7.16. The molecule has 0 aliphatic heterocycles. The van der Waals surface area contributed by atoms with Gasteiger partial charge in [0.1, 0.15) is 6.10 Å². The Bertz CT molecular complexity index is 299. The fraction of sp³-hybridized carbons (Fsp3) is 0.625. The van der Waals surface area contributed by atoms with E-state index >= 15 is 0 Å². The van der Waals surface area contributed by atoms with E-state index in [2.05, 4.69) is 20.8 Å². The van der Waals surface area contributed by atoms with Crippen molar-refractivity contribution in [1.29, 1.82) is 0 Å². The molecular formula is C16H26O2. The maximum atomic E-state index is 5.41. The lowest BCUT2D eigenvalue weighted by Crippen LogP contribution is -2.18. The zero-order valence-corrected chi connectivity index (χ0v) is 11.9. The van der Waals surface area contributed by atoms with Crippen LogP contribution in [-0.2, 0) is 4.89 Å². The van der Waals surface area contributed by atoms with Crippen molar-refractivity contribution in [2.45, 2.75) is 65.4 Å². The Hall–Kier alpha value is -1.02. The van der Waals surface area contributed by atoms with Gasteiger partial charge in [-0.15, -0.1) is 0 Å². The molecule has 0 heterocycles. The highest BCUT2D eigenvalue weighted by molar-refractivity contribution is 5.25. The van der Waals surface area contributed by atoms with E-state index in [9.17, 15) is 0 Å². The molecule has 0 saturated heterocycles. The van der Waals surface area contributed by atoms with Crippen LogP contribution in [0.2, 0.25) is 0 Å². The van der Waals surface area contributed by atoms with Crippen LogP contribution >= 0.6 is 0 Å². The van der Waals surface area contributed by atoms with Gasteiger partial charge in [0.15, 0.2) is 5.75 Å². The predicted octanol–water partition coefficient (Wildman–Crippen LogP) is 5.05. The molecule has 0 bridgehead atoms. The summed E-state index contributed by atoms with van der Waals surface area (Å²) in [4.78, 5) is 10.7. The lowest BCUT2D eigenvalue weighted by atomic mass is 9.98. The molecule has 2 rings (SSSR count). The van der Waals surface area contributed by atoms with Gasteiger partial charge in [0, 0.05) is 0 Å². The van der Waals surface area contributed by atoms with E-state index in [0.29, 0.717) is 6.10 Å². The van der Waals surface area contributed by atoms with E-state index in [4.69, 9.17) is 9.78 Å². The second-order valence-corrected chi connectivity index (χ2v) is 4.96. The van der Waals surface area contributed by atoms with Crippen LogP contribution in [0.4, 0.5) is 0 Å². The van der Waals surface area contributed by atoms with Crippen LogP contribution in [0.15, 0.2) is 24.3 Å². The Balaban J connectivity index is 0.000000492. The molecule has 102 valence electrons. The summed E-state index contributed by atoms with van der Waals surface area (Å²) in [6.07, 6.45) is 7.67. The topological polar surface area (TPSA) is 18.5 Å². The number of aryl methyl sites for hydroxylation is 1. The zero-order valence-electron chi connectivity index (χ0n) is 11.9. The van der Waals surface area contributed by atoms with E-state index in [1.807, 2.05) is 24.3 Å². The highest BCUT2D eigenvalue weighted by atomic mass is 17.2. The number of rotatable bonds is 3. The average molecular weight is 250 g/mol. The third-order valence-corrected chi connectivity index (χ3v) is 2.85. The highest BCUT2D eigenvalue weighted by Gasteiger charge is 2.15. The zero-order chi connectivity index (χ0) is 13.2. The second kappa shape index (κ2) is 8.98. The summed E-state index contributed by atoms with van der Waals surface area (Å²) < 4.78 is 0. The average Bonchev–Trinajstić information content (AvgIpc) is 2.40. The minimum atomic E-state index is 0.292. The highest BCUT2D eigenvalue weighted by Crippen LogP contribution is 2.21. The molecule has 18 heavy (non-hydrogen) atoms. The minimum absolute atomic E-state index is 0.292. The molecule has 1 aromatic carbocycles. The molecule has 0 radical (unpaired) electrons. The quantitative estimate of drug-likeness (QED) is 0.552. The molecule has 0 unspecified atom stereocenters. The van der Waals surface area contributed by atoms with Crippen molar-refractivity contribution >= 4 is 0 Å². The third kappa shape index (κ3) is 6.06. The molecule has 0 aromatic heterocycles. The summed E-state index contributed by atoms with van der Waals surface area (Å²) in [6, 6.07) is 7.94. The fourth-order valence-electron chi connectivity index (χ4n) is 1.88. The maximum Gasteiger partial charge on any atom is 0.165 e. The Labute approximate surface area is 111 Å². The van der Waals surface area contributed by atoms with Crippen molar-refractivity contribution in [2.24, 2.45) is 0 Å². The van der Waals surface area contributed by atoms with Crippen molar-refractivity contribution in [3.63, 3.8) is 0 Å². The Morgan fingerprint density at radius 2 is 1.56 bits per heavy atom. The molecule has 1 saturated carbocycles. The normalized spacial score (nSPS) is 15.7. The molecule has 2 heteroatoms. The maximum absolute atomic E-state index is 5.41. The van der Waals surface area contributed by atoms with Crippen molar-refractivity contribution in [3.8, 4) is 5.75 Å². The van der Waals surface area contributed by atoms with Crippen molar-refractivity contribution in [1.82, 2.24) is 0 Å². The van der Waals surface area contributed by atoms with Gasteiger partial charge < -0.3 is 4.89 Å². The van der Waals surface area contributed by atoms with Gasteiger partial charge >= 0.3 is 0 Å². The van der Waals surface area contributed by atoms with E-state index in [-0.39, 0.29) is 0 Å². The predicted molar refractivity (Wildman–Crippen MR) is 75.7 cm³/mol. The number of hydrogen-bond donors (Lipinski definition) is 0. The van der Waals surface area contributed by atoms with E-state index in [0.717, 1.165) is 18.6 Å². The van der Waals surface area contributed by atoms with Crippen molar-refractivity contribution in [3.05, 3.63) is 29.8 Å². The van der Waals surface area contributed by atoms with Gasteiger partial charge in [0.05, 0.1) is 0 Å². The van der Waals surface area contributed by atoms with Crippen molar-refractivity contribution < 1.29 is 9.78 Å². The van der Waals surface area contributed by atoms with Crippen LogP contribution in [0.1, 0.15) is 57.9 Å². The molecular weight excluding hydrogens is 224 g/mol. The first-order chi connectivity index (χ1) is 8.76. The second-order valence-electron chi connectivity index (χ2n) is 4.96. The van der Waals surface area contributed by atoms with Gasteiger partial charge in [-0.25, -0.2) is 0 Å². The smallest absolute Gasteiger partial charge is 0.165 e. The Kier molecular flexibility index (Phi) is 7.51. The first-order valence-electron chi connectivity index (χ1n) is 7.16. The number of hydrogen-bond acceptors (Lipinski definition) is 2. The molecule has 0 atom stereocenters. The van der Waals surface area contributed by atoms with Crippen LogP contribution in [0, 0.1) is 6.92 Å². The van der Waals surface area contributed by atoms with Gasteiger partial charge in [0.2, 0.25) is 0 Å². The molecule has 1 aliphatic carbocycles. The van der Waals surface area contributed by atoms with Gasteiger partial charge in [-0.1, -0.05) is 57.2 Å². The first kappa shape index (κ1) is 15.0. The Morgan fingerprint density at radius 3 is 2.11 bits per heavy atom. The van der Waals surface area contributed by atoms with Crippen LogP contribution in [0.25, 0.3) is 0 Å². The summed E-state index contributed by atoms with van der Waals surface area (Å²) in [7, 11) is 0. The van der Waals surface area contributed by atoms with Crippen LogP contribution < -0.4 is 4.89 Å². The fourth-order valence-corrected chi connectivity index (χ4v) is 1.88. The minimum Gasteiger partial charge on any atom is -0.337 e. The summed E-state index contributed by atoms with van der Waals surface area (Å²) in [5.74, 6) is 0.797. The molecule has 1 fully saturated rings. The van der Waals surface area contributed by atoms with Gasteiger partial charge in [-0.3, -0.25) is 0 Å². The van der Waals surface area contributed by atoms with E-state index < -0.39 is 0 Å². The van der Waals surface area contributed by atoms with Crippen molar-refractivity contribution in [2.75, 3.05) is 0 Å². The standard InChI is InChI=1S/C13H18O2.C3H8/c1-11-7-9-13(10-8-11)15-14-12-5-3-2-4-6-12;1-3-2/h7-10,12H,2-6H2,1H3;3H2,1-2H3. The molecule has 0 N–H and O–H groups in total. The monoisotopic (exact) mass is 250 g/mol. The lowest BCUT2D eigenvalue weighted by molar-refractivity contribution is -0.250. The van der Waals surface area contributed by atoms with Crippen LogP contribution in [-0.4, -0.2) is 6.10 Å². The van der Waals surface area contributed by atoms with Gasteiger partial charge in [0.25, 0.3) is 0 Å². The summed E-state index contributed by atoms with van der Waals surface area (Å²) in [5.41, 5.74) is 1.24. The summed E-state index contributed by atoms with van der Waals surface area (Å²) >= 11 is 0. The van der Waals surface area contributed by atoms with Gasteiger partial charge in [-0.2, -0.15) is 4.89 Å². The van der Waals surface area contributed by atoms with E-state index in [1.54, 1.807) is 0 Å². The SMILES string of the molecule is CCC.Cc1ccc(OOC2CCCCC2)cc1. The summed E-state index contributed by atoms with van der Waals surface area (Å²) in [5, 5.41) is 0. The number of benzene rings is 1. The Morgan fingerprint density at radius 1 is 1.00 bits per heavy atom. The van der Waals surface area contributed by atoms with Gasteiger partial charge in [-0.05, 0) is 31.9 Å². The van der Waals surface area contributed by atoms with Crippen LogP contribution in [0.5, 0.6) is 5.75 Å². The largest absolute Gasteiger partial charge is 0.337 e. The molecule has 2 nitrogen and oxygen atoms in total. The summed E-state index contributed by atoms with van der Waals surface area (Å²) in [6.45, 7) is 6.31.